The third-order valence-electron chi connectivity index (χ3n) is 4.91. The Labute approximate surface area is 152 Å². The molecule has 2 aromatic rings. The average Bonchev–Trinajstić information content (AvgIpc) is 2.65. The molecule has 0 radical (unpaired) electrons. The van der Waals surface area contributed by atoms with E-state index in [0.29, 0.717) is 13.1 Å². The lowest BCUT2D eigenvalue weighted by Gasteiger charge is -2.39. The van der Waals surface area contributed by atoms with Crippen molar-refractivity contribution in [3.05, 3.63) is 59.7 Å². The highest BCUT2D eigenvalue weighted by atomic mass is 19.1. The van der Waals surface area contributed by atoms with Crippen molar-refractivity contribution in [1.29, 1.82) is 0 Å². The Morgan fingerprint density at radius 1 is 1.00 bits per heavy atom. The van der Waals surface area contributed by atoms with Gasteiger partial charge in [0, 0.05) is 31.9 Å². The van der Waals surface area contributed by atoms with Crippen LogP contribution in [-0.2, 0) is 4.79 Å². The highest BCUT2D eigenvalue weighted by Gasteiger charge is 2.27. The molecule has 1 N–H and O–H groups in total. The molecule has 1 saturated heterocycles. The average molecular weight is 359 g/mol. The van der Waals surface area contributed by atoms with Crippen LogP contribution < -0.4 is 10.2 Å². The molecule has 1 unspecified atom stereocenters. The van der Waals surface area contributed by atoms with Gasteiger partial charge in [-0.3, -0.25) is 9.69 Å². The van der Waals surface area contributed by atoms with Crippen molar-refractivity contribution >= 4 is 17.3 Å². The maximum atomic E-state index is 13.7. The zero-order valence-corrected chi connectivity index (χ0v) is 15.0. The predicted octanol–water partition coefficient (Wildman–Crippen LogP) is 3.42. The zero-order valence-electron chi connectivity index (χ0n) is 15.0. The second kappa shape index (κ2) is 7.83. The van der Waals surface area contributed by atoms with Gasteiger partial charge in [-0.1, -0.05) is 24.3 Å². The summed E-state index contributed by atoms with van der Waals surface area (Å²) in [6, 6.07) is 11.3. The van der Waals surface area contributed by atoms with Crippen molar-refractivity contribution in [1.82, 2.24) is 4.90 Å². The molecule has 1 fully saturated rings. The van der Waals surface area contributed by atoms with E-state index in [1.54, 1.807) is 6.92 Å². The Morgan fingerprint density at radius 2 is 1.62 bits per heavy atom. The molecule has 1 aliphatic rings. The molecule has 1 aliphatic heterocycles. The van der Waals surface area contributed by atoms with E-state index >= 15 is 0 Å². The van der Waals surface area contributed by atoms with E-state index in [0.717, 1.165) is 25.2 Å². The van der Waals surface area contributed by atoms with Crippen LogP contribution in [0.15, 0.2) is 42.5 Å². The van der Waals surface area contributed by atoms with Crippen LogP contribution in [0.5, 0.6) is 0 Å². The summed E-state index contributed by atoms with van der Waals surface area (Å²) in [5, 5.41) is 2.38. The van der Waals surface area contributed by atoms with Gasteiger partial charge < -0.3 is 10.2 Å². The maximum absolute atomic E-state index is 13.7. The van der Waals surface area contributed by atoms with E-state index in [1.165, 1.54) is 17.3 Å². The summed E-state index contributed by atoms with van der Waals surface area (Å²) < 4.78 is 27.4. The molecule has 1 amide bonds. The molecule has 0 saturated carbocycles. The van der Waals surface area contributed by atoms with Crippen molar-refractivity contribution in [3.63, 3.8) is 0 Å². The van der Waals surface area contributed by atoms with Crippen molar-refractivity contribution in [2.24, 2.45) is 0 Å². The fourth-order valence-corrected chi connectivity index (χ4v) is 3.28. The van der Waals surface area contributed by atoms with Crippen molar-refractivity contribution in [3.8, 4) is 0 Å². The molecule has 138 valence electrons. The topological polar surface area (TPSA) is 35.6 Å². The normalized spacial score (nSPS) is 16.4. The van der Waals surface area contributed by atoms with Crippen LogP contribution in [0.2, 0.25) is 0 Å². The van der Waals surface area contributed by atoms with E-state index in [2.05, 4.69) is 29.3 Å². The summed E-state index contributed by atoms with van der Waals surface area (Å²) in [4.78, 5) is 16.8. The van der Waals surface area contributed by atoms with Gasteiger partial charge in [0.2, 0.25) is 5.91 Å². The first-order chi connectivity index (χ1) is 12.5. The Balaban J connectivity index is 1.60. The minimum Gasteiger partial charge on any atom is -0.369 e. The molecule has 3 rings (SSSR count). The Hall–Kier alpha value is -2.47. The first-order valence-electron chi connectivity index (χ1n) is 8.77. The lowest BCUT2D eigenvalue weighted by Crippen LogP contribution is -2.53. The predicted molar refractivity (Wildman–Crippen MR) is 99.4 cm³/mol. The highest BCUT2D eigenvalue weighted by molar-refractivity contribution is 5.94. The van der Waals surface area contributed by atoms with Crippen LogP contribution in [0.25, 0.3) is 0 Å². The lowest BCUT2D eigenvalue weighted by molar-refractivity contribution is -0.120. The van der Waals surface area contributed by atoms with Crippen LogP contribution in [0, 0.1) is 18.6 Å². The minimum atomic E-state index is -0.769. The van der Waals surface area contributed by atoms with Gasteiger partial charge in [-0.25, -0.2) is 8.78 Å². The van der Waals surface area contributed by atoms with Crippen LogP contribution in [0.4, 0.5) is 20.2 Å². The van der Waals surface area contributed by atoms with Crippen molar-refractivity contribution in [2.75, 3.05) is 36.4 Å². The van der Waals surface area contributed by atoms with Crippen LogP contribution in [0.3, 0.4) is 0 Å². The molecule has 1 heterocycles. The third kappa shape index (κ3) is 3.85. The number of anilines is 2. The summed E-state index contributed by atoms with van der Waals surface area (Å²) in [6.45, 7) is 6.87. The van der Waals surface area contributed by atoms with Gasteiger partial charge in [-0.15, -0.1) is 0 Å². The van der Waals surface area contributed by atoms with E-state index in [1.807, 2.05) is 17.0 Å². The molecule has 2 aromatic carbocycles. The number of benzene rings is 2. The van der Waals surface area contributed by atoms with Gasteiger partial charge in [0.25, 0.3) is 0 Å². The number of nitrogens with zero attached hydrogens (tertiary/aromatic N) is 2. The number of nitrogens with one attached hydrogen (secondary N) is 1. The van der Waals surface area contributed by atoms with Gasteiger partial charge in [-0.2, -0.15) is 0 Å². The third-order valence-corrected chi connectivity index (χ3v) is 4.91. The number of para-hydroxylation sites is 2. The number of carbonyl (C=O) groups is 1. The molecule has 26 heavy (non-hydrogen) atoms. The molecule has 1 atom stereocenters. The Bertz CT molecular complexity index is 768. The molecular weight excluding hydrogens is 336 g/mol. The highest BCUT2D eigenvalue weighted by Crippen LogP contribution is 2.22. The van der Waals surface area contributed by atoms with Crippen molar-refractivity contribution < 1.29 is 13.6 Å². The summed E-state index contributed by atoms with van der Waals surface area (Å²) >= 11 is 0. The van der Waals surface area contributed by atoms with Crippen LogP contribution >= 0.6 is 0 Å². The fraction of sp³-hybridized carbons (Fsp3) is 0.350. The minimum absolute atomic E-state index is 0.386. The zero-order chi connectivity index (χ0) is 18.7. The summed E-state index contributed by atoms with van der Waals surface area (Å²) in [6.07, 6.45) is 0. The largest absolute Gasteiger partial charge is 0.369 e. The standard InChI is InChI=1S/C20H23F2N3O/c1-14-6-3-4-9-18(14)25-12-10-24(11-13-25)15(2)20(26)23-19-16(21)7-5-8-17(19)22/h3-9,15H,10-13H2,1-2H3,(H,23,26). The van der Waals surface area contributed by atoms with E-state index in [4.69, 9.17) is 0 Å². The summed E-state index contributed by atoms with van der Waals surface area (Å²) in [5.74, 6) is -1.94. The van der Waals surface area contributed by atoms with E-state index < -0.39 is 23.6 Å². The smallest absolute Gasteiger partial charge is 0.241 e. The first-order valence-corrected chi connectivity index (χ1v) is 8.77. The molecule has 0 aromatic heterocycles. The van der Waals surface area contributed by atoms with Gasteiger partial charge in [0.15, 0.2) is 0 Å². The first kappa shape index (κ1) is 18.3. The van der Waals surface area contributed by atoms with Gasteiger partial charge in [0.05, 0.1) is 6.04 Å². The van der Waals surface area contributed by atoms with E-state index in [9.17, 15) is 13.6 Å². The van der Waals surface area contributed by atoms with Gasteiger partial charge >= 0.3 is 0 Å². The number of aryl methyl sites for hydroxylation is 1. The monoisotopic (exact) mass is 359 g/mol. The van der Waals surface area contributed by atoms with Crippen LogP contribution in [-0.4, -0.2) is 43.0 Å². The van der Waals surface area contributed by atoms with Gasteiger partial charge in [-0.05, 0) is 37.6 Å². The number of hydrogen-bond donors (Lipinski definition) is 1. The number of carbonyl (C=O) groups excluding carboxylic acids is 1. The SMILES string of the molecule is Cc1ccccc1N1CCN(C(C)C(=O)Nc2c(F)cccc2F)CC1. The number of amides is 1. The molecule has 0 spiro atoms. The summed E-state index contributed by atoms with van der Waals surface area (Å²) in [5.41, 5.74) is 2.04. The maximum Gasteiger partial charge on any atom is 0.241 e. The quantitative estimate of drug-likeness (QED) is 0.909. The second-order valence-electron chi connectivity index (χ2n) is 6.57. The second-order valence-corrected chi connectivity index (χ2v) is 6.57. The molecule has 0 aliphatic carbocycles. The lowest BCUT2D eigenvalue weighted by atomic mass is 10.1. The molecule has 0 bridgehead atoms. The number of hydrogen-bond acceptors (Lipinski definition) is 3. The van der Waals surface area contributed by atoms with Crippen molar-refractivity contribution in [2.45, 2.75) is 19.9 Å². The number of halogens is 2. The Kier molecular flexibility index (Phi) is 5.52. The van der Waals surface area contributed by atoms with E-state index in [-0.39, 0.29) is 5.69 Å². The van der Waals surface area contributed by atoms with Crippen LogP contribution in [0.1, 0.15) is 12.5 Å². The molecule has 4 nitrogen and oxygen atoms in total. The molecule has 6 heteroatoms. The molecular formula is C20H23F2N3O. The fourth-order valence-electron chi connectivity index (χ4n) is 3.28. The number of rotatable bonds is 4. The van der Waals surface area contributed by atoms with Gasteiger partial charge in [0.1, 0.15) is 17.3 Å². The summed E-state index contributed by atoms with van der Waals surface area (Å²) in [7, 11) is 0. The number of piperazine rings is 1. The Morgan fingerprint density at radius 3 is 2.23 bits per heavy atom.